The molecule has 0 aromatic heterocycles. The van der Waals surface area contributed by atoms with Gasteiger partial charge in [-0.1, -0.05) is 58.4 Å². The number of hydrogen-bond acceptors (Lipinski definition) is 6. The molecule has 0 radical (unpaired) electrons. The van der Waals surface area contributed by atoms with Gasteiger partial charge in [0.15, 0.2) is 0 Å². The fourth-order valence-corrected chi connectivity index (χ4v) is 5.25. The molecule has 41 heavy (non-hydrogen) atoms. The molecule has 10 nitrogen and oxygen atoms in total. The summed E-state index contributed by atoms with van der Waals surface area (Å²) < 4.78 is 5.44. The van der Waals surface area contributed by atoms with Gasteiger partial charge in [-0.2, -0.15) is 0 Å². The molecule has 3 amide bonds. The molecule has 1 aromatic carbocycles. The summed E-state index contributed by atoms with van der Waals surface area (Å²) in [5, 5.41) is 14.5. The van der Waals surface area contributed by atoms with Gasteiger partial charge in [0, 0.05) is 6.54 Å². The van der Waals surface area contributed by atoms with Crippen LogP contribution >= 0.6 is 0 Å². The molecular weight excluding hydrogens is 526 g/mol. The maximum Gasteiger partial charge on any atom is 0.408 e. The zero-order chi connectivity index (χ0) is 30.9. The molecule has 3 N–H and O–H groups in total. The maximum absolute atomic E-state index is 13.9. The fourth-order valence-electron chi connectivity index (χ4n) is 5.25. The highest BCUT2D eigenvalue weighted by Crippen LogP contribution is 2.31. The van der Waals surface area contributed by atoms with Gasteiger partial charge in [-0.3, -0.25) is 14.4 Å². The molecular formula is C31H47N3O7. The van der Waals surface area contributed by atoms with E-state index in [1.165, 1.54) is 11.3 Å². The minimum atomic E-state index is -1.61. The van der Waals surface area contributed by atoms with Crippen LogP contribution in [0.1, 0.15) is 85.3 Å². The highest BCUT2D eigenvalue weighted by Gasteiger charge is 2.43. The SMILES string of the molecule is CC(C)CC(NC(=O)[C@@H]1CCCN1C(=O)[C@@H](NC(=O)OC(C)(C)C)C1Cc2ccccc2C1)C(=O)C(=O)O.CCC. The van der Waals surface area contributed by atoms with E-state index >= 15 is 0 Å². The van der Waals surface area contributed by atoms with Gasteiger partial charge in [0.1, 0.15) is 17.7 Å². The van der Waals surface area contributed by atoms with Crippen molar-refractivity contribution in [2.75, 3.05) is 6.54 Å². The van der Waals surface area contributed by atoms with Gasteiger partial charge in [0.25, 0.3) is 5.78 Å². The molecule has 1 saturated heterocycles. The van der Waals surface area contributed by atoms with Crippen LogP contribution in [0, 0.1) is 11.8 Å². The molecule has 3 atom stereocenters. The number of alkyl carbamates (subject to hydrolysis) is 1. The normalized spacial score (nSPS) is 18.0. The summed E-state index contributed by atoms with van der Waals surface area (Å²) in [6.45, 7) is 13.4. The molecule has 0 spiro atoms. The van der Waals surface area contributed by atoms with Crippen molar-refractivity contribution in [1.82, 2.24) is 15.5 Å². The van der Waals surface area contributed by atoms with E-state index in [4.69, 9.17) is 4.74 Å². The fraction of sp³-hybridized carbons (Fsp3) is 0.645. The third-order valence-electron chi connectivity index (χ3n) is 6.88. The largest absolute Gasteiger partial charge is 0.475 e. The summed E-state index contributed by atoms with van der Waals surface area (Å²) >= 11 is 0. The summed E-state index contributed by atoms with van der Waals surface area (Å²) in [7, 11) is 0. The molecule has 1 heterocycles. The van der Waals surface area contributed by atoms with Crippen LogP contribution in [0.4, 0.5) is 4.79 Å². The number of rotatable bonds is 9. The lowest BCUT2D eigenvalue weighted by molar-refractivity contribution is -0.151. The van der Waals surface area contributed by atoms with E-state index in [0.717, 1.165) is 11.1 Å². The van der Waals surface area contributed by atoms with Crippen LogP contribution in [0.3, 0.4) is 0 Å². The number of aliphatic carboxylic acids is 1. The summed E-state index contributed by atoms with van der Waals surface area (Å²) in [5.74, 6) is -3.91. The van der Waals surface area contributed by atoms with Crippen LogP contribution in [0.2, 0.25) is 0 Å². The number of likely N-dealkylation sites (tertiary alicyclic amines) is 1. The van der Waals surface area contributed by atoms with Gasteiger partial charge >= 0.3 is 12.1 Å². The molecule has 228 valence electrons. The van der Waals surface area contributed by atoms with Crippen molar-refractivity contribution in [3.05, 3.63) is 35.4 Å². The number of carboxylic acid groups (broad SMARTS) is 1. The van der Waals surface area contributed by atoms with Crippen LogP contribution in [0.5, 0.6) is 0 Å². The lowest BCUT2D eigenvalue weighted by Crippen LogP contribution is -2.58. The van der Waals surface area contributed by atoms with E-state index in [1.54, 1.807) is 20.8 Å². The minimum absolute atomic E-state index is 0.0312. The number of benzene rings is 1. The number of carbonyl (C=O) groups excluding carboxylic acids is 4. The third kappa shape index (κ3) is 9.86. The van der Waals surface area contributed by atoms with Crippen LogP contribution in [-0.2, 0) is 36.8 Å². The van der Waals surface area contributed by atoms with Crippen LogP contribution in [0.15, 0.2) is 24.3 Å². The van der Waals surface area contributed by atoms with E-state index in [-0.39, 0.29) is 18.3 Å². The van der Waals surface area contributed by atoms with Crippen LogP contribution in [-0.4, -0.2) is 69.9 Å². The smallest absolute Gasteiger partial charge is 0.408 e. The molecule has 0 saturated carbocycles. The monoisotopic (exact) mass is 573 g/mol. The van der Waals surface area contributed by atoms with Crippen LogP contribution in [0.25, 0.3) is 0 Å². The first-order chi connectivity index (χ1) is 19.2. The Labute approximate surface area is 243 Å². The second kappa shape index (κ2) is 15.0. The summed E-state index contributed by atoms with van der Waals surface area (Å²) in [5.41, 5.74) is 1.47. The van der Waals surface area contributed by atoms with Gasteiger partial charge < -0.3 is 25.4 Å². The first kappa shape index (κ1) is 33.8. The predicted molar refractivity (Wildman–Crippen MR) is 155 cm³/mol. The first-order valence-corrected chi connectivity index (χ1v) is 14.6. The number of nitrogens with zero attached hydrogens (tertiary/aromatic N) is 1. The number of carboxylic acids is 1. The maximum atomic E-state index is 13.9. The number of carbonyl (C=O) groups is 5. The number of Topliss-reactive ketones (excluding diaryl/α,β-unsaturated/α-hetero) is 1. The lowest BCUT2D eigenvalue weighted by Gasteiger charge is -2.32. The number of ether oxygens (including phenoxy) is 1. The highest BCUT2D eigenvalue weighted by atomic mass is 16.6. The number of fused-ring (bicyclic) bond motifs is 1. The Hall–Kier alpha value is -3.43. The van der Waals surface area contributed by atoms with Gasteiger partial charge in [0.05, 0.1) is 6.04 Å². The van der Waals surface area contributed by atoms with Crippen molar-refractivity contribution in [1.29, 1.82) is 0 Å². The Morgan fingerprint density at radius 1 is 1.02 bits per heavy atom. The summed E-state index contributed by atoms with van der Waals surface area (Å²) in [6.07, 6.45) is 2.83. The molecule has 1 unspecified atom stereocenters. The predicted octanol–water partition coefficient (Wildman–Crippen LogP) is 3.89. The lowest BCUT2D eigenvalue weighted by atomic mass is 9.94. The summed E-state index contributed by atoms with van der Waals surface area (Å²) in [6, 6.07) is 4.91. The van der Waals surface area contributed by atoms with E-state index in [1.807, 2.05) is 38.1 Å². The molecule has 1 aliphatic heterocycles. The van der Waals surface area contributed by atoms with Crippen molar-refractivity contribution in [3.63, 3.8) is 0 Å². The van der Waals surface area contributed by atoms with Gasteiger partial charge in [0.2, 0.25) is 11.8 Å². The van der Waals surface area contributed by atoms with Crippen LogP contribution < -0.4 is 10.6 Å². The number of hydrogen-bond donors (Lipinski definition) is 3. The number of ketones is 1. The van der Waals surface area contributed by atoms with E-state index in [0.29, 0.717) is 32.2 Å². The molecule has 1 aliphatic carbocycles. The quantitative estimate of drug-likeness (QED) is 0.381. The average molecular weight is 574 g/mol. The summed E-state index contributed by atoms with van der Waals surface area (Å²) in [4.78, 5) is 64.9. The molecule has 2 aliphatic rings. The third-order valence-corrected chi connectivity index (χ3v) is 6.88. The zero-order valence-electron chi connectivity index (χ0n) is 25.5. The number of amides is 3. The van der Waals surface area contributed by atoms with Crippen molar-refractivity contribution in [3.8, 4) is 0 Å². The van der Waals surface area contributed by atoms with Gasteiger partial charge in [-0.25, -0.2) is 9.59 Å². The molecule has 0 bridgehead atoms. The Bertz CT molecular complexity index is 1070. The van der Waals surface area contributed by atoms with Gasteiger partial charge in [-0.15, -0.1) is 0 Å². The average Bonchev–Trinajstić information content (AvgIpc) is 3.52. The van der Waals surface area contributed by atoms with Crippen molar-refractivity contribution in [2.24, 2.45) is 11.8 Å². The minimum Gasteiger partial charge on any atom is -0.475 e. The zero-order valence-corrected chi connectivity index (χ0v) is 25.5. The van der Waals surface area contributed by atoms with E-state index in [2.05, 4.69) is 24.5 Å². The first-order valence-electron chi connectivity index (χ1n) is 14.6. The van der Waals surface area contributed by atoms with Crippen molar-refractivity contribution in [2.45, 2.75) is 111 Å². The second-order valence-corrected chi connectivity index (χ2v) is 12.3. The Balaban J connectivity index is 0.00000187. The Morgan fingerprint density at radius 2 is 1.59 bits per heavy atom. The highest BCUT2D eigenvalue weighted by molar-refractivity contribution is 6.35. The molecule has 1 fully saturated rings. The molecule has 3 rings (SSSR count). The molecule has 10 heteroatoms. The Morgan fingerprint density at radius 3 is 2.07 bits per heavy atom. The topological polar surface area (TPSA) is 142 Å². The number of nitrogens with one attached hydrogen (secondary N) is 2. The van der Waals surface area contributed by atoms with E-state index in [9.17, 15) is 29.1 Å². The van der Waals surface area contributed by atoms with Gasteiger partial charge in [-0.05, 0) is 75.8 Å². The molecule has 1 aromatic rings. The second-order valence-electron chi connectivity index (χ2n) is 12.3. The standard InChI is InChI=1S/C28H39N3O7.C3H8/c1-16(2)13-20(23(32)26(35)36)29-24(33)21-11-8-12-31(21)25(34)22(30-27(37)38-28(3,4)5)19-14-17-9-6-7-10-18(17)15-19;1-3-2/h6-7,9-10,16,19-22H,8,11-15H2,1-5H3,(H,29,33)(H,30,37)(H,35,36);3H2,1-2H3/t20?,21-,22-;/m0./s1. The Kier molecular flexibility index (Phi) is 12.3. The van der Waals surface area contributed by atoms with Crippen molar-refractivity contribution < 1.29 is 33.8 Å². The van der Waals surface area contributed by atoms with E-state index < -0.39 is 53.4 Å². The van der Waals surface area contributed by atoms with Crippen molar-refractivity contribution >= 4 is 29.7 Å².